The smallest absolute Gasteiger partial charge is 0.338 e. The van der Waals surface area contributed by atoms with Crippen molar-refractivity contribution in [1.29, 1.82) is 0 Å². The van der Waals surface area contributed by atoms with Crippen LogP contribution in [-0.4, -0.2) is 28.2 Å². The first kappa shape index (κ1) is 12.8. The van der Waals surface area contributed by atoms with Gasteiger partial charge in [-0.1, -0.05) is 12.1 Å². The Balaban J connectivity index is 2.04. The van der Waals surface area contributed by atoms with Crippen LogP contribution in [0.3, 0.4) is 0 Å². The highest BCUT2D eigenvalue weighted by molar-refractivity contribution is 5.86. The highest BCUT2D eigenvalue weighted by Crippen LogP contribution is 2.26. The molecule has 0 aliphatic heterocycles. The van der Waals surface area contributed by atoms with Crippen LogP contribution in [0.4, 0.5) is 0 Å². The lowest BCUT2D eigenvalue weighted by molar-refractivity contribution is 0.0695. The van der Waals surface area contributed by atoms with E-state index in [1.54, 1.807) is 19.2 Å². The number of hydrogen-bond donors (Lipinski definition) is 1. The van der Waals surface area contributed by atoms with Crippen LogP contribution in [0.1, 0.15) is 16.2 Å². The Morgan fingerprint density at radius 2 is 1.84 bits per heavy atom. The Bertz CT molecular complexity index is 569. The maximum atomic E-state index is 10.6. The maximum Gasteiger partial charge on any atom is 0.338 e. The van der Waals surface area contributed by atoms with Crippen molar-refractivity contribution in [2.45, 2.75) is 6.61 Å². The Hall–Kier alpha value is -2.63. The van der Waals surface area contributed by atoms with Crippen LogP contribution in [0, 0.1) is 0 Å². The maximum absolute atomic E-state index is 10.6. The molecule has 0 radical (unpaired) electrons. The van der Waals surface area contributed by atoms with Crippen molar-refractivity contribution >= 4 is 5.97 Å². The summed E-state index contributed by atoms with van der Waals surface area (Å²) in [5.41, 5.74) is 0.0426. The van der Waals surface area contributed by atoms with Crippen molar-refractivity contribution in [3.63, 3.8) is 0 Å². The number of para-hydroxylation sites is 2. The normalized spacial score (nSPS) is 9.95. The first-order chi connectivity index (χ1) is 9.20. The summed E-state index contributed by atoms with van der Waals surface area (Å²) in [7, 11) is 1.56. The van der Waals surface area contributed by atoms with E-state index in [1.807, 2.05) is 12.1 Å². The van der Waals surface area contributed by atoms with Crippen LogP contribution in [0.2, 0.25) is 0 Å². The molecule has 19 heavy (non-hydrogen) atoms. The molecule has 6 nitrogen and oxygen atoms in total. The number of ether oxygens (including phenoxy) is 2. The van der Waals surface area contributed by atoms with E-state index in [-0.39, 0.29) is 12.2 Å². The third kappa shape index (κ3) is 3.19. The number of carboxylic acid groups (broad SMARTS) is 1. The van der Waals surface area contributed by atoms with Gasteiger partial charge in [0.25, 0.3) is 0 Å². The van der Waals surface area contributed by atoms with Crippen LogP contribution < -0.4 is 9.47 Å². The fraction of sp³-hybridized carbons (Fsp3) is 0.154. The fourth-order valence-corrected chi connectivity index (χ4v) is 1.42. The summed E-state index contributed by atoms with van der Waals surface area (Å²) in [4.78, 5) is 18.5. The molecule has 2 aromatic rings. The quantitative estimate of drug-likeness (QED) is 0.882. The number of carboxylic acids is 1. The molecule has 1 heterocycles. The predicted octanol–water partition coefficient (Wildman–Crippen LogP) is 1.76. The van der Waals surface area contributed by atoms with Gasteiger partial charge in [0.05, 0.1) is 12.7 Å². The van der Waals surface area contributed by atoms with E-state index < -0.39 is 5.97 Å². The van der Waals surface area contributed by atoms with Crippen LogP contribution in [0.15, 0.2) is 36.7 Å². The summed E-state index contributed by atoms with van der Waals surface area (Å²) in [6.07, 6.45) is 2.49. The number of nitrogens with zero attached hydrogens (tertiary/aromatic N) is 2. The molecule has 0 amide bonds. The van der Waals surface area contributed by atoms with Gasteiger partial charge in [-0.2, -0.15) is 0 Å². The van der Waals surface area contributed by atoms with E-state index in [0.29, 0.717) is 17.3 Å². The third-order valence-electron chi connectivity index (χ3n) is 2.38. The van der Waals surface area contributed by atoms with E-state index in [4.69, 9.17) is 14.6 Å². The second-order valence-electron chi connectivity index (χ2n) is 3.63. The molecule has 0 saturated heterocycles. The van der Waals surface area contributed by atoms with Gasteiger partial charge < -0.3 is 14.6 Å². The molecule has 1 aromatic carbocycles. The van der Waals surface area contributed by atoms with Crippen LogP contribution in [0.25, 0.3) is 0 Å². The van der Waals surface area contributed by atoms with E-state index >= 15 is 0 Å². The van der Waals surface area contributed by atoms with Gasteiger partial charge >= 0.3 is 5.97 Å². The predicted molar refractivity (Wildman–Crippen MR) is 66.3 cm³/mol. The van der Waals surface area contributed by atoms with Gasteiger partial charge in [-0.25, -0.2) is 14.8 Å². The van der Waals surface area contributed by atoms with E-state index in [9.17, 15) is 4.79 Å². The molecular formula is C13H12N2O4. The standard InChI is InChI=1S/C13H12N2O4/c1-18-10-4-2-3-5-11(10)19-8-12-14-6-9(7-15-12)13(16)17/h2-7H,8H2,1H3,(H,16,17). The zero-order valence-corrected chi connectivity index (χ0v) is 10.2. The molecule has 1 N–H and O–H groups in total. The van der Waals surface area contributed by atoms with Crippen molar-refractivity contribution in [1.82, 2.24) is 9.97 Å². The molecule has 0 bridgehead atoms. The SMILES string of the molecule is COc1ccccc1OCc1ncc(C(=O)O)cn1. The second-order valence-corrected chi connectivity index (χ2v) is 3.63. The molecule has 0 fully saturated rings. The van der Waals surface area contributed by atoms with Gasteiger partial charge in [0, 0.05) is 12.4 Å². The van der Waals surface area contributed by atoms with Crippen molar-refractivity contribution in [3.05, 3.63) is 48.0 Å². The number of aromatic nitrogens is 2. The third-order valence-corrected chi connectivity index (χ3v) is 2.38. The second kappa shape index (κ2) is 5.81. The van der Waals surface area contributed by atoms with Gasteiger partial charge in [-0.05, 0) is 12.1 Å². The van der Waals surface area contributed by atoms with E-state index in [1.165, 1.54) is 12.4 Å². The number of aromatic carboxylic acids is 1. The average Bonchev–Trinajstić information content (AvgIpc) is 2.45. The first-order valence-electron chi connectivity index (χ1n) is 5.50. The average molecular weight is 260 g/mol. The molecule has 0 atom stereocenters. The summed E-state index contributed by atoms with van der Waals surface area (Å²) < 4.78 is 10.7. The van der Waals surface area contributed by atoms with Crippen LogP contribution in [-0.2, 0) is 6.61 Å². The van der Waals surface area contributed by atoms with Crippen LogP contribution in [0.5, 0.6) is 11.5 Å². The lowest BCUT2D eigenvalue weighted by Gasteiger charge is -2.09. The summed E-state index contributed by atoms with van der Waals surface area (Å²) in [6.45, 7) is 0.139. The summed E-state index contributed by atoms with van der Waals surface area (Å²) in [5.74, 6) is 0.536. The van der Waals surface area contributed by atoms with Gasteiger partial charge in [-0.15, -0.1) is 0 Å². The van der Waals surface area contributed by atoms with Crippen molar-refractivity contribution in [2.24, 2.45) is 0 Å². The fourth-order valence-electron chi connectivity index (χ4n) is 1.42. The Morgan fingerprint density at radius 3 is 2.42 bits per heavy atom. The summed E-state index contributed by atoms with van der Waals surface area (Å²) in [6, 6.07) is 7.21. The van der Waals surface area contributed by atoms with Crippen LogP contribution >= 0.6 is 0 Å². The highest BCUT2D eigenvalue weighted by Gasteiger charge is 2.06. The molecular weight excluding hydrogens is 248 g/mol. The van der Waals surface area contributed by atoms with Crippen molar-refractivity contribution < 1.29 is 19.4 Å². The van der Waals surface area contributed by atoms with Gasteiger partial charge in [0.1, 0.15) is 6.61 Å². The van der Waals surface area contributed by atoms with Gasteiger partial charge in [0.15, 0.2) is 17.3 Å². The molecule has 0 spiro atoms. The Morgan fingerprint density at radius 1 is 1.21 bits per heavy atom. The van der Waals surface area contributed by atoms with E-state index in [0.717, 1.165) is 0 Å². The van der Waals surface area contributed by atoms with Gasteiger partial charge in [-0.3, -0.25) is 0 Å². The molecule has 0 aliphatic rings. The van der Waals surface area contributed by atoms with E-state index in [2.05, 4.69) is 9.97 Å². The first-order valence-corrected chi connectivity index (χ1v) is 5.50. The lowest BCUT2D eigenvalue weighted by atomic mass is 10.3. The molecule has 2 rings (SSSR count). The number of methoxy groups -OCH3 is 1. The minimum Gasteiger partial charge on any atom is -0.493 e. The molecule has 0 aliphatic carbocycles. The zero-order valence-electron chi connectivity index (χ0n) is 10.2. The number of carbonyl (C=O) groups is 1. The number of rotatable bonds is 5. The Labute approximate surface area is 109 Å². The molecule has 98 valence electrons. The molecule has 6 heteroatoms. The number of benzene rings is 1. The van der Waals surface area contributed by atoms with Crippen molar-refractivity contribution in [3.8, 4) is 11.5 Å². The largest absolute Gasteiger partial charge is 0.493 e. The Kier molecular flexibility index (Phi) is 3.92. The molecule has 0 unspecified atom stereocenters. The minimum absolute atomic E-state index is 0.0426. The lowest BCUT2D eigenvalue weighted by Crippen LogP contribution is -2.05. The molecule has 0 saturated carbocycles. The summed E-state index contributed by atoms with van der Waals surface area (Å²) >= 11 is 0. The zero-order chi connectivity index (χ0) is 13.7. The monoisotopic (exact) mass is 260 g/mol. The van der Waals surface area contributed by atoms with Gasteiger partial charge in [0.2, 0.25) is 0 Å². The highest BCUT2D eigenvalue weighted by atomic mass is 16.5. The minimum atomic E-state index is -1.06. The van der Waals surface area contributed by atoms with Crippen molar-refractivity contribution in [2.75, 3.05) is 7.11 Å². The summed E-state index contributed by atoms with van der Waals surface area (Å²) in [5, 5.41) is 8.72. The number of hydrogen-bond acceptors (Lipinski definition) is 5. The molecule has 1 aromatic heterocycles. The topological polar surface area (TPSA) is 81.5 Å².